The zero-order valence-corrected chi connectivity index (χ0v) is 21.8. The van der Waals surface area contributed by atoms with Gasteiger partial charge < -0.3 is 19.5 Å². The predicted octanol–water partition coefficient (Wildman–Crippen LogP) is 5.60. The van der Waals surface area contributed by atoms with Gasteiger partial charge in [-0.25, -0.2) is 0 Å². The zero-order valence-electron chi connectivity index (χ0n) is 20.2. The van der Waals surface area contributed by atoms with Gasteiger partial charge in [0.15, 0.2) is 22.9 Å². The van der Waals surface area contributed by atoms with Gasteiger partial charge in [-0.2, -0.15) is 0 Å². The van der Waals surface area contributed by atoms with Crippen LogP contribution in [0.3, 0.4) is 0 Å². The van der Waals surface area contributed by atoms with Gasteiger partial charge in [0.25, 0.3) is 5.91 Å². The van der Waals surface area contributed by atoms with Crippen LogP contribution in [0.25, 0.3) is 0 Å². The summed E-state index contributed by atoms with van der Waals surface area (Å²) in [5.41, 5.74) is 1.38. The summed E-state index contributed by atoms with van der Waals surface area (Å²) < 4.78 is 11.4. The number of halogens is 1. The summed E-state index contributed by atoms with van der Waals surface area (Å²) in [5, 5.41) is 11.7. The third kappa shape index (κ3) is 4.70. The highest BCUT2D eigenvalue weighted by Crippen LogP contribution is 2.45. The van der Waals surface area contributed by atoms with Crippen LogP contribution in [0.4, 0.5) is 5.69 Å². The van der Waals surface area contributed by atoms with Crippen molar-refractivity contribution in [1.82, 2.24) is 0 Å². The third-order valence-corrected chi connectivity index (χ3v) is 6.89. The summed E-state index contributed by atoms with van der Waals surface area (Å²) in [7, 11) is 3.11. The first kappa shape index (κ1) is 24.9. The van der Waals surface area contributed by atoms with Crippen molar-refractivity contribution >= 4 is 33.3 Å². The van der Waals surface area contributed by atoms with Crippen LogP contribution < -0.4 is 14.4 Å². The number of ketones is 1. The first-order valence-corrected chi connectivity index (χ1v) is 12.2. The van der Waals surface area contributed by atoms with Crippen molar-refractivity contribution in [2.45, 2.75) is 38.3 Å². The van der Waals surface area contributed by atoms with Gasteiger partial charge in [-0.1, -0.05) is 60.1 Å². The van der Waals surface area contributed by atoms with E-state index in [0.29, 0.717) is 38.7 Å². The molecular formula is C28H28BrNO5. The Morgan fingerprint density at radius 1 is 1.00 bits per heavy atom. The molecule has 1 aliphatic rings. The molecule has 1 amide bonds. The lowest BCUT2D eigenvalue weighted by Gasteiger charge is -2.23. The van der Waals surface area contributed by atoms with Crippen molar-refractivity contribution < 1.29 is 24.2 Å². The molecule has 0 saturated carbocycles. The van der Waals surface area contributed by atoms with Crippen LogP contribution in [0.1, 0.15) is 53.2 Å². The van der Waals surface area contributed by atoms with Gasteiger partial charge >= 0.3 is 0 Å². The van der Waals surface area contributed by atoms with Gasteiger partial charge in [-0.05, 0) is 47.4 Å². The number of rotatable bonds is 8. The molecule has 1 heterocycles. The molecule has 0 saturated heterocycles. The highest BCUT2D eigenvalue weighted by molar-refractivity contribution is 9.10. The second-order valence-corrected chi connectivity index (χ2v) is 9.89. The minimum Gasteiger partial charge on any atom is -0.493 e. The number of methoxy groups -OCH3 is 2. The molecule has 1 N–H and O–H groups in total. The van der Waals surface area contributed by atoms with Crippen LogP contribution in [-0.2, 0) is 16.9 Å². The average molecular weight is 538 g/mol. The maximum Gasteiger partial charge on any atom is 0.264 e. The Morgan fingerprint density at radius 3 is 2.31 bits per heavy atom. The molecule has 0 radical (unpaired) electrons. The van der Waals surface area contributed by atoms with Crippen LogP contribution in [0, 0.1) is 0 Å². The van der Waals surface area contributed by atoms with E-state index in [0.717, 1.165) is 11.1 Å². The number of aliphatic hydroxyl groups is 1. The molecule has 0 fully saturated rings. The Kier molecular flexibility index (Phi) is 7.01. The lowest BCUT2D eigenvalue weighted by Crippen LogP contribution is -2.41. The second kappa shape index (κ2) is 9.84. The number of hydrogen-bond acceptors (Lipinski definition) is 5. The van der Waals surface area contributed by atoms with Gasteiger partial charge in [-0.3, -0.25) is 9.59 Å². The van der Waals surface area contributed by atoms with Gasteiger partial charge in [0.05, 0.1) is 32.9 Å². The van der Waals surface area contributed by atoms with E-state index >= 15 is 0 Å². The lowest BCUT2D eigenvalue weighted by atomic mass is 9.87. The molecule has 0 spiro atoms. The topological polar surface area (TPSA) is 76.1 Å². The van der Waals surface area contributed by atoms with Crippen molar-refractivity contribution in [3.8, 4) is 11.5 Å². The molecule has 3 aromatic rings. The summed E-state index contributed by atoms with van der Waals surface area (Å²) in [4.78, 5) is 28.3. The Balaban J connectivity index is 1.66. The lowest BCUT2D eigenvalue weighted by molar-refractivity contribution is -0.136. The minimum atomic E-state index is -1.97. The molecule has 0 aliphatic carbocycles. The molecule has 35 heavy (non-hydrogen) atoms. The molecule has 182 valence electrons. The molecule has 1 atom stereocenters. The van der Waals surface area contributed by atoms with Crippen LogP contribution >= 0.6 is 15.9 Å². The van der Waals surface area contributed by atoms with E-state index in [1.165, 1.54) is 4.90 Å². The largest absolute Gasteiger partial charge is 0.493 e. The summed E-state index contributed by atoms with van der Waals surface area (Å²) in [6.45, 7) is 4.37. The number of carbonyl (C=O) groups is 2. The van der Waals surface area contributed by atoms with Crippen LogP contribution in [0.15, 0.2) is 65.1 Å². The highest BCUT2D eigenvalue weighted by atomic mass is 79.9. The fourth-order valence-electron chi connectivity index (χ4n) is 4.40. The number of benzene rings is 3. The van der Waals surface area contributed by atoms with Crippen LogP contribution in [0.2, 0.25) is 0 Å². The van der Waals surface area contributed by atoms with Crippen molar-refractivity contribution in [1.29, 1.82) is 0 Å². The van der Waals surface area contributed by atoms with Gasteiger partial charge in [0.1, 0.15) is 0 Å². The standard InChI is InChI=1S/C28H28BrNO5/c1-17(2)19-6-8-20(9-7-19)24(31)15-28(33)22-14-21(29)10-11-23(22)30(27(28)32)16-18-5-12-25(34-3)26(13-18)35-4/h5-14,17,33H,15-16H2,1-4H3/t28-/m1/s1. The van der Waals surface area contributed by atoms with Crippen molar-refractivity contribution in [3.63, 3.8) is 0 Å². The molecule has 7 heteroatoms. The van der Waals surface area contributed by atoms with E-state index in [2.05, 4.69) is 29.8 Å². The molecule has 1 aliphatic heterocycles. The number of amides is 1. The number of nitrogens with zero attached hydrogens (tertiary/aromatic N) is 1. The monoisotopic (exact) mass is 537 g/mol. The average Bonchev–Trinajstić information content (AvgIpc) is 3.05. The number of ether oxygens (including phenoxy) is 2. The van der Waals surface area contributed by atoms with Gasteiger partial charge in [-0.15, -0.1) is 0 Å². The van der Waals surface area contributed by atoms with Crippen molar-refractivity contribution in [2.24, 2.45) is 0 Å². The molecule has 0 bridgehead atoms. The summed E-state index contributed by atoms with van der Waals surface area (Å²) >= 11 is 3.43. The molecular weight excluding hydrogens is 510 g/mol. The number of hydrogen-bond donors (Lipinski definition) is 1. The Morgan fingerprint density at radius 2 is 1.69 bits per heavy atom. The van der Waals surface area contributed by atoms with Gasteiger partial charge in [0, 0.05) is 15.6 Å². The second-order valence-electron chi connectivity index (χ2n) is 8.98. The Hall–Kier alpha value is -3.16. The van der Waals surface area contributed by atoms with Crippen molar-refractivity contribution in [2.75, 3.05) is 19.1 Å². The molecule has 6 nitrogen and oxygen atoms in total. The Labute approximate surface area is 213 Å². The first-order valence-electron chi connectivity index (χ1n) is 11.4. The summed E-state index contributed by atoms with van der Waals surface area (Å²) in [6.07, 6.45) is -0.348. The number of anilines is 1. The molecule has 4 rings (SSSR count). The Bertz CT molecular complexity index is 1270. The smallest absolute Gasteiger partial charge is 0.264 e. The van der Waals surface area contributed by atoms with Crippen LogP contribution in [-0.4, -0.2) is 31.0 Å². The van der Waals surface area contributed by atoms with E-state index in [4.69, 9.17) is 9.47 Å². The molecule has 3 aromatic carbocycles. The number of carbonyl (C=O) groups excluding carboxylic acids is 2. The van der Waals surface area contributed by atoms with E-state index in [-0.39, 0.29) is 18.7 Å². The highest BCUT2D eigenvalue weighted by Gasteiger charge is 2.51. The van der Waals surface area contributed by atoms with Crippen LogP contribution in [0.5, 0.6) is 11.5 Å². The van der Waals surface area contributed by atoms with E-state index in [1.807, 2.05) is 24.3 Å². The number of fused-ring (bicyclic) bond motifs is 1. The third-order valence-electron chi connectivity index (χ3n) is 6.40. The van der Waals surface area contributed by atoms with Crippen molar-refractivity contribution in [3.05, 3.63) is 87.4 Å². The van der Waals surface area contributed by atoms with E-state index < -0.39 is 11.5 Å². The van der Waals surface area contributed by atoms with E-state index in [1.54, 1.807) is 50.6 Å². The molecule has 0 aromatic heterocycles. The quantitative estimate of drug-likeness (QED) is 0.378. The maximum absolute atomic E-state index is 13.6. The summed E-state index contributed by atoms with van der Waals surface area (Å²) in [6, 6.07) is 18.0. The zero-order chi connectivity index (χ0) is 25.3. The van der Waals surface area contributed by atoms with E-state index in [9.17, 15) is 14.7 Å². The fourth-order valence-corrected chi connectivity index (χ4v) is 4.76. The fraction of sp³-hybridized carbons (Fsp3) is 0.286. The predicted molar refractivity (Wildman–Crippen MR) is 138 cm³/mol. The SMILES string of the molecule is COc1ccc(CN2C(=O)[C@@](O)(CC(=O)c3ccc(C(C)C)cc3)c3cc(Br)ccc32)cc1OC. The number of Topliss-reactive ketones (excluding diaryl/α,β-unsaturated/α-hetero) is 1. The summed E-state index contributed by atoms with van der Waals surface area (Å²) in [5.74, 6) is 0.638. The van der Waals surface area contributed by atoms with Gasteiger partial charge in [0.2, 0.25) is 0 Å². The maximum atomic E-state index is 13.6. The normalized spacial score (nSPS) is 17.0. The first-order chi connectivity index (χ1) is 16.7. The molecule has 0 unspecified atom stereocenters. The minimum absolute atomic E-state index is 0.202.